The van der Waals surface area contributed by atoms with Crippen molar-refractivity contribution in [2.45, 2.75) is 58.3 Å². The lowest BCUT2D eigenvalue weighted by Gasteiger charge is -2.33. The molecule has 0 fully saturated rings. The molecular formula is C12H23NO5. The summed E-state index contributed by atoms with van der Waals surface area (Å²) < 4.78 is 10.2. The van der Waals surface area contributed by atoms with E-state index < -0.39 is 29.3 Å². The van der Waals surface area contributed by atoms with Crippen molar-refractivity contribution in [2.24, 2.45) is 0 Å². The Labute approximate surface area is 108 Å². The molecule has 0 rings (SSSR count). The molecule has 0 heterocycles. The predicted molar refractivity (Wildman–Crippen MR) is 66.5 cm³/mol. The minimum absolute atomic E-state index is 0.453. The Bertz CT molecular complexity index is 306. The van der Waals surface area contributed by atoms with Gasteiger partial charge in [-0.1, -0.05) is 6.92 Å². The van der Waals surface area contributed by atoms with E-state index in [1.807, 2.05) is 0 Å². The van der Waals surface area contributed by atoms with Crippen molar-refractivity contribution in [2.75, 3.05) is 7.11 Å². The third kappa shape index (κ3) is 4.52. The summed E-state index contributed by atoms with van der Waals surface area (Å²) in [6, 6.07) is 0. The largest absolute Gasteiger partial charge is 0.479 e. The van der Waals surface area contributed by atoms with Gasteiger partial charge in [-0.25, -0.2) is 9.59 Å². The van der Waals surface area contributed by atoms with Crippen LogP contribution in [0.3, 0.4) is 0 Å². The van der Waals surface area contributed by atoms with Crippen LogP contribution in [0.5, 0.6) is 0 Å². The van der Waals surface area contributed by atoms with E-state index in [9.17, 15) is 14.7 Å². The van der Waals surface area contributed by atoms with Crippen molar-refractivity contribution in [1.82, 2.24) is 5.32 Å². The lowest BCUT2D eigenvalue weighted by Crippen LogP contribution is -2.61. The fourth-order valence-electron chi connectivity index (χ4n) is 1.60. The van der Waals surface area contributed by atoms with Gasteiger partial charge in [-0.2, -0.15) is 0 Å². The van der Waals surface area contributed by atoms with Gasteiger partial charge in [0.2, 0.25) is 0 Å². The summed E-state index contributed by atoms with van der Waals surface area (Å²) in [5.74, 6) is -1.16. The number of hydrogen-bond donors (Lipinski definition) is 2. The van der Waals surface area contributed by atoms with Crippen molar-refractivity contribution >= 4 is 12.1 Å². The molecule has 0 radical (unpaired) electrons. The summed E-state index contributed by atoms with van der Waals surface area (Å²) in [5, 5.41) is 11.6. The van der Waals surface area contributed by atoms with Crippen molar-refractivity contribution in [3.63, 3.8) is 0 Å². The number of carboxylic acid groups (broad SMARTS) is 1. The van der Waals surface area contributed by atoms with Crippen molar-refractivity contribution < 1.29 is 24.2 Å². The Morgan fingerprint density at radius 1 is 1.28 bits per heavy atom. The fourth-order valence-corrected chi connectivity index (χ4v) is 1.60. The van der Waals surface area contributed by atoms with Crippen LogP contribution in [0.2, 0.25) is 0 Å². The van der Waals surface area contributed by atoms with Gasteiger partial charge >= 0.3 is 12.1 Å². The minimum Gasteiger partial charge on any atom is -0.479 e. The van der Waals surface area contributed by atoms with Crippen LogP contribution in [-0.4, -0.2) is 41.5 Å². The van der Waals surface area contributed by atoms with Gasteiger partial charge in [-0.3, -0.25) is 0 Å². The van der Waals surface area contributed by atoms with E-state index in [0.29, 0.717) is 6.42 Å². The molecule has 0 aliphatic rings. The second kappa shape index (κ2) is 6.04. The second-order valence-electron chi connectivity index (χ2n) is 5.27. The number of carbonyl (C=O) groups excluding carboxylic acids is 1. The van der Waals surface area contributed by atoms with Crippen molar-refractivity contribution in [1.29, 1.82) is 0 Å². The molecule has 106 valence electrons. The van der Waals surface area contributed by atoms with Gasteiger partial charge in [0.1, 0.15) is 5.60 Å². The maximum atomic E-state index is 11.7. The zero-order valence-electron chi connectivity index (χ0n) is 11.9. The molecule has 1 amide bonds. The van der Waals surface area contributed by atoms with Gasteiger partial charge in [0.15, 0.2) is 5.54 Å². The molecule has 0 aromatic rings. The second-order valence-corrected chi connectivity index (χ2v) is 5.27. The van der Waals surface area contributed by atoms with Crippen molar-refractivity contribution in [3.8, 4) is 0 Å². The Balaban J connectivity index is 4.93. The lowest BCUT2D eigenvalue weighted by molar-refractivity contribution is -0.150. The zero-order valence-corrected chi connectivity index (χ0v) is 11.9. The lowest BCUT2D eigenvalue weighted by atomic mass is 9.93. The van der Waals surface area contributed by atoms with Gasteiger partial charge in [0.25, 0.3) is 0 Å². The summed E-state index contributed by atoms with van der Waals surface area (Å²) in [6.07, 6.45) is -0.958. The standard InChI is InChI=1S/C12H23NO5/c1-7-8(17-6)12(5,9(14)15)13-10(16)18-11(2,3)4/h8H,7H2,1-6H3,(H,13,16)(H,14,15). The number of ether oxygens (including phenoxy) is 2. The smallest absolute Gasteiger partial charge is 0.408 e. The summed E-state index contributed by atoms with van der Waals surface area (Å²) in [7, 11) is 1.41. The highest BCUT2D eigenvalue weighted by Crippen LogP contribution is 2.18. The van der Waals surface area contributed by atoms with Crippen LogP contribution in [0, 0.1) is 0 Å². The van der Waals surface area contributed by atoms with Crippen LogP contribution >= 0.6 is 0 Å². The fraction of sp³-hybridized carbons (Fsp3) is 0.833. The average Bonchev–Trinajstić information content (AvgIpc) is 2.15. The summed E-state index contributed by atoms with van der Waals surface area (Å²) in [6.45, 7) is 8.30. The number of carboxylic acids is 1. The first kappa shape index (κ1) is 16.7. The summed E-state index contributed by atoms with van der Waals surface area (Å²) in [5.41, 5.74) is -2.20. The van der Waals surface area contributed by atoms with Crippen LogP contribution in [0.25, 0.3) is 0 Å². The molecule has 6 heteroatoms. The SMILES string of the molecule is CCC(OC)C(C)(NC(=O)OC(C)(C)C)C(=O)O. The van der Waals surface area contributed by atoms with Crippen LogP contribution in [0.15, 0.2) is 0 Å². The quantitative estimate of drug-likeness (QED) is 0.788. The third-order valence-corrected chi connectivity index (χ3v) is 2.50. The third-order valence-electron chi connectivity index (χ3n) is 2.50. The molecule has 2 atom stereocenters. The average molecular weight is 261 g/mol. The number of methoxy groups -OCH3 is 1. The van der Waals surface area contributed by atoms with Gasteiger partial charge < -0.3 is 19.9 Å². The highest BCUT2D eigenvalue weighted by molar-refractivity contribution is 5.84. The van der Waals surface area contributed by atoms with Gasteiger partial charge in [0, 0.05) is 7.11 Å². The molecule has 6 nitrogen and oxygen atoms in total. The number of rotatable bonds is 5. The van der Waals surface area contributed by atoms with E-state index in [1.54, 1.807) is 27.7 Å². The Kier molecular flexibility index (Phi) is 5.60. The molecule has 0 saturated carbocycles. The van der Waals surface area contributed by atoms with Crippen LogP contribution in [0.1, 0.15) is 41.0 Å². The molecule has 2 N–H and O–H groups in total. The van der Waals surface area contributed by atoms with Gasteiger partial charge in [-0.05, 0) is 34.1 Å². The minimum atomic E-state index is -1.52. The molecule has 0 spiro atoms. The maximum Gasteiger partial charge on any atom is 0.408 e. The first-order chi connectivity index (χ1) is 8.06. The molecule has 18 heavy (non-hydrogen) atoms. The van der Waals surface area contributed by atoms with E-state index in [-0.39, 0.29) is 0 Å². The van der Waals surface area contributed by atoms with E-state index in [0.717, 1.165) is 0 Å². The van der Waals surface area contributed by atoms with Crippen LogP contribution in [-0.2, 0) is 14.3 Å². The molecule has 0 aromatic carbocycles. The monoisotopic (exact) mass is 261 g/mol. The van der Waals surface area contributed by atoms with Crippen LogP contribution in [0.4, 0.5) is 4.79 Å². The van der Waals surface area contributed by atoms with Gasteiger partial charge in [0.05, 0.1) is 6.10 Å². The number of hydrogen-bond acceptors (Lipinski definition) is 4. The molecule has 0 saturated heterocycles. The summed E-state index contributed by atoms with van der Waals surface area (Å²) >= 11 is 0. The predicted octanol–water partition coefficient (Wildman–Crippen LogP) is 1.78. The molecule has 0 aliphatic heterocycles. The van der Waals surface area contributed by atoms with Gasteiger partial charge in [-0.15, -0.1) is 0 Å². The van der Waals surface area contributed by atoms with E-state index in [1.165, 1.54) is 14.0 Å². The molecule has 2 unspecified atom stereocenters. The number of aliphatic carboxylic acids is 1. The first-order valence-electron chi connectivity index (χ1n) is 5.84. The topological polar surface area (TPSA) is 84.9 Å². The highest BCUT2D eigenvalue weighted by Gasteiger charge is 2.43. The molecule has 0 aliphatic carbocycles. The molecular weight excluding hydrogens is 238 g/mol. The zero-order chi connectivity index (χ0) is 14.6. The Morgan fingerprint density at radius 2 is 1.78 bits per heavy atom. The Morgan fingerprint density at radius 3 is 2.06 bits per heavy atom. The number of amides is 1. The number of nitrogens with one attached hydrogen (secondary N) is 1. The molecule has 0 aromatic heterocycles. The Hall–Kier alpha value is -1.30. The van der Waals surface area contributed by atoms with E-state index in [2.05, 4.69) is 5.32 Å². The van der Waals surface area contributed by atoms with Crippen LogP contribution < -0.4 is 5.32 Å². The van der Waals surface area contributed by atoms with Crippen molar-refractivity contribution in [3.05, 3.63) is 0 Å². The number of alkyl carbamates (subject to hydrolysis) is 1. The maximum absolute atomic E-state index is 11.7. The van der Waals surface area contributed by atoms with E-state index in [4.69, 9.17) is 9.47 Å². The highest BCUT2D eigenvalue weighted by atomic mass is 16.6. The number of carbonyl (C=O) groups is 2. The summed E-state index contributed by atoms with van der Waals surface area (Å²) in [4.78, 5) is 23.0. The normalized spacial score (nSPS) is 16.6. The first-order valence-corrected chi connectivity index (χ1v) is 5.84. The van der Waals surface area contributed by atoms with E-state index >= 15 is 0 Å². The molecule has 0 bridgehead atoms.